The van der Waals surface area contributed by atoms with E-state index in [4.69, 9.17) is 4.74 Å². The number of methoxy groups -OCH3 is 1. The van der Waals surface area contributed by atoms with Gasteiger partial charge in [-0.1, -0.05) is 51.1 Å². The summed E-state index contributed by atoms with van der Waals surface area (Å²) in [5.41, 5.74) is 3.34. The van der Waals surface area contributed by atoms with Crippen LogP contribution < -0.4 is 15.3 Å². The second-order valence-corrected chi connectivity index (χ2v) is 9.01. The number of rotatable bonds is 8. The standard InChI is InChI=1S/C27H37N3O2/c1-7-19(2)14-22(30-13-12-21(18-30)15-27(31)29(4)5)16-24-20(3)28-17-25(24)23-10-8-9-11-26(23)32-6/h8-11,14,16-17,19,21,28H,3,7,12-13,15,18H2,1-2,4-6H3/b22-14+,24-16+. The Balaban J connectivity index is 1.99. The van der Waals surface area contributed by atoms with Crippen LogP contribution in [0.15, 0.2) is 42.2 Å². The maximum atomic E-state index is 12.2. The predicted octanol–water partition coefficient (Wildman–Crippen LogP) is 3.61. The molecule has 0 aliphatic carbocycles. The maximum Gasteiger partial charge on any atom is 0.222 e. The molecule has 0 saturated carbocycles. The minimum atomic E-state index is 0.206. The van der Waals surface area contributed by atoms with Crippen LogP contribution in [0.4, 0.5) is 0 Å². The summed E-state index contributed by atoms with van der Waals surface area (Å²) >= 11 is 0. The van der Waals surface area contributed by atoms with Gasteiger partial charge < -0.3 is 19.5 Å². The quantitative estimate of drug-likeness (QED) is 0.689. The number of ether oxygens (including phenoxy) is 1. The molecule has 1 saturated heterocycles. The molecule has 1 aromatic carbocycles. The molecule has 2 aromatic rings. The van der Waals surface area contributed by atoms with Crippen molar-refractivity contribution in [2.75, 3.05) is 34.3 Å². The number of amides is 1. The molecule has 2 heterocycles. The van der Waals surface area contributed by atoms with E-state index in [2.05, 4.69) is 48.5 Å². The van der Waals surface area contributed by atoms with Crippen molar-refractivity contribution >= 4 is 18.6 Å². The van der Waals surface area contributed by atoms with Gasteiger partial charge in [0.15, 0.2) is 0 Å². The molecule has 2 unspecified atom stereocenters. The van der Waals surface area contributed by atoms with Gasteiger partial charge in [-0.15, -0.1) is 0 Å². The number of hydrogen-bond acceptors (Lipinski definition) is 3. The normalized spacial score (nSPS) is 18.2. The van der Waals surface area contributed by atoms with Crippen LogP contribution >= 0.6 is 0 Å². The minimum absolute atomic E-state index is 0.206. The largest absolute Gasteiger partial charge is 0.496 e. The highest BCUT2D eigenvalue weighted by molar-refractivity contribution is 5.76. The van der Waals surface area contributed by atoms with Crippen LogP contribution in [0, 0.1) is 11.8 Å². The molecular weight excluding hydrogens is 398 g/mol. The first-order chi connectivity index (χ1) is 15.3. The Morgan fingerprint density at radius 2 is 2.09 bits per heavy atom. The monoisotopic (exact) mass is 435 g/mol. The highest BCUT2D eigenvalue weighted by Gasteiger charge is 2.26. The molecule has 5 nitrogen and oxygen atoms in total. The van der Waals surface area contributed by atoms with E-state index >= 15 is 0 Å². The summed E-state index contributed by atoms with van der Waals surface area (Å²) in [4.78, 5) is 19.6. The number of carbonyl (C=O) groups excluding carboxylic acids is 1. The zero-order valence-electron chi connectivity index (χ0n) is 20.1. The Morgan fingerprint density at radius 1 is 1.34 bits per heavy atom. The fraction of sp³-hybridized carbons (Fsp3) is 0.444. The van der Waals surface area contributed by atoms with Crippen molar-refractivity contribution in [1.29, 1.82) is 0 Å². The molecule has 0 bridgehead atoms. The molecule has 2 atom stereocenters. The molecule has 0 radical (unpaired) electrons. The summed E-state index contributed by atoms with van der Waals surface area (Å²) < 4.78 is 5.61. The topological polar surface area (TPSA) is 48.6 Å². The molecule has 172 valence electrons. The first-order valence-corrected chi connectivity index (χ1v) is 11.5. The van der Waals surface area contributed by atoms with Gasteiger partial charge in [0.05, 0.1) is 7.11 Å². The minimum Gasteiger partial charge on any atom is -0.496 e. The van der Waals surface area contributed by atoms with E-state index in [1.54, 1.807) is 12.0 Å². The van der Waals surface area contributed by atoms with Gasteiger partial charge in [-0.05, 0) is 30.4 Å². The summed E-state index contributed by atoms with van der Waals surface area (Å²) in [7, 11) is 5.37. The maximum absolute atomic E-state index is 12.2. The van der Waals surface area contributed by atoms with Crippen LogP contribution in [0.1, 0.15) is 33.1 Å². The number of allylic oxidation sites excluding steroid dienone is 2. The second-order valence-electron chi connectivity index (χ2n) is 9.01. The molecule has 1 aliphatic rings. The van der Waals surface area contributed by atoms with E-state index in [0.717, 1.165) is 53.4 Å². The van der Waals surface area contributed by atoms with Crippen molar-refractivity contribution in [2.24, 2.45) is 11.8 Å². The third kappa shape index (κ3) is 5.45. The summed E-state index contributed by atoms with van der Waals surface area (Å²) in [6.07, 6.45) is 9.34. The SMILES string of the molecule is C=c1[nH]cc(-c2ccccc2OC)/c1=C/C(=C\C(C)CC)N1CCC(CC(=O)N(C)C)C1. The Kier molecular flexibility index (Phi) is 7.84. The summed E-state index contributed by atoms with van der Waals surface area (Å²) in [5.74, 6) is 1.90. The van der Waals surface area contributed by atoms with Gasteiger partial charge in [-0.25, -0.2) is 0 Å². The zero-order chi connectivity index (χ0) is 23.3. The molecule has 1 aliphatic heterocycles. The lowest BCUT2D eigenvalue weighted by molar-refractivity contribution is -0.129. The number of para-hydroxylation sites is 1. The van der Waals surface area contributed by atoms with Gasteiger partial charge in [0.2, 0.25) is 5.91 Å². The number of hydrogen-bond donors (Lipinski definition) is 1. The smallest absolute Gasteiger partial charge is 0.222 e. The number of aromatic nitrogens is 1. The number of H-pyrrole nitrogens is 1. The Morgan fingerprint density at radius 3 is 2.78 bits per heavy atom. The third-order valence-corrected chi connectivity index (χ3v) is 6.41. The van der Waals surface area contributed by atoms with Crippen LogP contribution in [-0.4, -0.2) is 55.0 Å². The van der Waals surface area contributed by atoms with Crippen molar-refractivity contribution in [3.8, 4) is 16.9 Å². The lowest BCUT2D eigenvalue weighted by Crippen LogP contribution is -2.28. The Hall–Kier alpha value is -2.95. The molecule has 1 aromatic heterocycles. The Labute approximate surface area is 192 Å². The molecule has 1 N–H and O–H groups in total. The third-order valence-electron chi connectivity index (χ3n) is 6.41. The van der Waals surface area contributed by atoms with Crippen LogP contribution in [0.2, 0.25) is 0 Å². The first kappa shape index (κ1) is 23.7. The number of aromatic amines is 1. The average molecular weight is 436 g/mol. The highest BCUT2D eigenvalue weighted by atomic mass is 16.5. The van der Waals surface area contributed by atoms with Crippen molar-refractivity contribution in [3.05, 3.63) is 52.8 Å². The van der Waals surface area contributed by atoms with Crippen LogP contribution in [0.5, 0.6) is 5.75 Å². The lowest BCUT2D eigenvalue weighted by Gasteiger charge is -2.22. The fourth-order valence-electron chi connectivity index (χ4n) is 4.20. The van der Waals surface area contributed by atoms with Crippen molar-refractivity contribution in [2.45, 2.75) is 33.1 Å². The van der Waals surface area contributed by atoms with E-state index in [1.165, 1.54) is 5.70 Å². The number of carbonyl (C=O) groups is 1. The van der Waals surface area contributed by atoms with E-state index in [-0.39, 0.29) is 5.91 Å². The lowest BCUT2D eigenvalue weighted by atomic mass is 10.0. The molecule has 5 heteroatoms. The van der Waals surface area contributed by atoms with Crippen molar-refractivity contribution in [3.63, 3.8) is 0 Å². The number of likely N-dealkylation sites (tertiary alicyclic amines) is 1. The molecular formula is C27H37N3O2. The number of nitrogens with zero attached hydrogens (tertiary/aromatic N) is 2. The van der Waals surface area contributed by atoms with Gasteiger partial charge in [-0.2, -0.15) is 0 Å². The molecule has 1 fully saturated rings. The summed E-state index contributed by atoms with van der Waals surface area (Å²) in [5, 5.41) is 1.97. The summed E-state index contributed by atoms with van der Waals surface area (Å²) in [6, 6.07) is 8.07. The van der Waals surface area contributed by atoms with Crippen LogP contribution in [0.25, 0.3) is 23.8 Å². The van der Waals surface area contributed by atoms with Crippen molar-refractivity contribution < 1.29 is 9.53 Å². The highest BCUT2D eigenvalue weighted by Crippen LogP contribution is 2.28. The second kappa shape index (κ2) is 10.6. The first-order valence-electron chi connectivity index (χ1n) is 11.5. The number of benzene rings is 1. The summed E-state index contributed by atoms with van der Waals surface area (Å²) in [6.45, 7) is 10.6. The molecule has 3 rings (SSSR count). The Bertz CT molecular complexity index is 1070. The van der Waals surface area contributed by atoms with Gasteiger partial charge in [0.1, 0.15) is 5.75 Å². The van der Waals surface area contributed by atoms with Gasteiger partial charge in [0.25, 0.3) is 0 Å². The van der Waals surface area contributed by atoms with E-state index in [0.29, 0.717) is 18.3 Å². The molecule has 0 spiro atoms. The van der Waals surface area contributed by atoms with Crippen LogP contribution in [0.3, 0.4) is 0 Å². The van der Waals surface area contributed by atoms with E-state index in [1.807, 2.05) is 38.5 Å². The van der Waals surface area contributed by atoms with Gasteiger partial charge in [-0.3, -0.25) is 4.79 Å². The fourth-order valence-corrected chi connectivity index (χ4v) is 4.20. The zero-order valence-corrected chi connectivity index (χ0v) is 20.1. The van der Waals surface area contributed by atoms with Gasteiger partial charge >= 0.3 is 0 Å². The van der Waals surface area contributed by atoms with Crippen LogP contribution in [-0.2, 0) is 4.79 Å². The predicted molar refractivity (Wildman–Crippen MR) is 133 cm³/mol. The number of nitrogens with one attached hydrogen (secondary N) is 1. The van der Waals surface area contributed by atoms with E-state index < -0.39 is 0 Å². The van der Waals surface area contributed by atoms with Gasteiger partial charge in [0, 0.05) is 67.2 Å². The molecule has 32 heavy (non-hydrogen) atoms. The van der Waals surface area contributed by atoms with Crippen molar-refractivity contribution in [1.82, 2.24) is 14.8 Å². The average Bonchev–Trinajstić information content (AvgIpc) is 3.39. The van der Waals surface area contributed by atoms with E-state index in [9.17, 15) is 4.79 Å². The molecule has 1 amide bonds.